The molecule has 1 fully saturated rings. The van der Waals surface area contributed by atoms with Crippen molar-refractivity contribution in [1.29, 1.82) is 0 Å². The molecule has 5 aromatic rings. The fourth-order valence-corrected chi connectivity index (χ4v) is 5.02. The SMILES string of the molecule is Cc1cccnc1-c1ccc(-c2cc3cnc(N[C@@H]4CCOC4)nc3n(Cc3cccnc3)c2=O)c(Cl)c1. The van der Waals surface area contributed by atoms with E-state index in [2.05, 4.69) is 20.3 Å². The van der Waals surface area contributed by atoms with Crippen LogP contribution in [0.5, 0.6) is 0 Å². The number of hydrogen-bond acceptors (Lipinski definition) is 7. The van der Waals surface area contributed by atoms with E-state index in [1.54, 1.807) is 29.4 Å². The van der Waals surface area contributed by atoms with Crippen molar-refractivity contribution in [2.24, 2.45) is 0 Å². The normalized spacial score (nSPS) is 15.2. The van der Waals surface area contributed by atoms with Crippen LogP contribution in [0.1, 0.15) is 17.5 Å². The van der Waals surface area contributed by atoms with Crippen LogP contribution in [0, 0.1) is 6.92 Å². The molecule has 1 saturated heterocycles. The highest BCUT2D eigenvalue weighted by Crippen LogP contribution is 2.32. The first-order valence-corrected chi connectivity index (χ1v) is 12.8. The molecule has 0 saturated carbocycles. The van der Waals surface area contributed by atoms with Gasteiger partial charge in [-0.25, -0.2) is 4.98 Å². The largest absolute Gasteiger partial charge is 0.379 e. The number of benzene rings is 1. The van der Waals surface area contributed by atoms with E-state index >= 15 is 0 Å². The fourth-order valence-electron chi connectivity index (χ4n) is 4.74. The molecule has 5 heterocycles. The van der Waals surface area contributed by atoms with Crippen molar-refractivity contribution in [3.63, 3.8) is 0 Å². The van der Waals surface area contributed by atoms with Gasteiger partial charge >= 0.3 is 0 Å². The first-order chi connectivity index (χ1) is 18.6. The van der Waals surface area contributed by atoms with Gasteiger partial charge in [-0.1, -0.05) is 35.9 Å². The highest BCUT2D eigenvalue weighted by atomic mass is 35.5. The predicted molar refractivity (Wildman–Crippen MR) is 148 cm³/mol. The second-order valence-corrected chi connectivity index (χ2v) is 9.76. The molecule has 0 radical (unpaired) electrons. The number of nitrogens with one attached hydrogen (secondary N) is 1. The Bertz CT molecular complexity index is 1680. The number of nitrogens with zero attached hydrogens (tertiary/aromatic N) is 5. The van der Waals surface area contributed by atoms with Gasteiger partial charge in [0.2, 0.25) is 5.95 Å². The lowest BCUT2D eigenvalue weighted by atomic mass is 10.0. The first kappa shape index (κ1) is 24.2. The quantitative estimate of drug-likeness (QED) is 0.329. The maximum absolute atomic E-state index is 14.0. The molecule has 0 bridgehead atoms. The smallest absolute Gasteiger partial charge is 0.260 e. The molecular weight excluding hydrogens is 500 g/mol. The van der Waals surface area contributed by atoms with Gasteiger partial charge in [0.25, 0.3) is 5.56 Å². The number of aryl methyl sites for hydroxylation is 1. The molecule has 0 spiro atoms. The number of aromatic nitrogens is 5. The van der Waals surface area contributed by atoms with E-state index in [0.717, 1.165) is 34.2 Å². The molecule has 8 nitrogen and oxygen atoms in total. The molecule has 1 aliphatic heterocycles. The Hall–Kier alpha value is -4.14. The minimum absolute atomic E-state index is 0.144. The molecule has 9 heteroatoms. The zero-order valence-electron chi connectivity index (χ0n) is 20.8. The summed E-state index contributed by atoms with van der Waals surface area (Å²) in [4.78, 5) is 31.9. The molecule has 1 N–H and O–H groups in total. The predicted octanol–water partition coefficient (Wildman–Crippen LogP) is 5.13. The van der Waals surface area contributed by atoms with E-state index in [0.29, 0.717) is 47.5 Å². The summed E-state index contributed by atoms with van der Waals surface area (Å²) in [6.07, 6.45) is 7.84. The number of anilines is 1. The number of halogens is 1. The van der Waals surface area contributed by atoms with E-state index < -0.39 is 0 Å². The van der Waals surface area contributed by atoms with E-state index in [4.69, 9.17) is 21.3 Å². The summed E-state index contributed by atoms with van der Waals surface area (Å²) in [5, 5.41) is 4.53. The molecular formula is C29H25ClN6O2. The van der Waals surface area contributed by atoms with Crippen molar-refractivity contribution in [3.05, 3.63) is 99.8 Å². The van der Waals surface area contributed by atoms with Crippen LogP contribution in [0.3, 0.4) is 0 Å². The second kappa shape index (κ2) is 10.3. The summed E-state index contributed by atoms with van der Waals surface area (Å²) in [6, 6.07) is 15.3. The van der Waals surface area contributed by atoms with Gasteiger partial charge in [-0.2, -0.15) is 4.98 Å². The van der Waals surface area contributed by atoms with Gasteiger partial charge in [0.15, 0.2) is 0 Å². The van der Waals surface area contributed by atoms with Gasteiger partial charge in [0.1, 0.15) is 5.65 Å². The summed E-state index contributed by atoms with van der Waals surface area (Å²) >= 11 is 6.78. The van der Waals surface area contributed by atoms with Crippen LogP contribution in [0.15, 0.2) is 78.1 Å². The van der Waals surface area contributed by atoms with Gasteiger partial charge < -0.3 is 10.1 Å². The number of pyridine rings is 3. The molecule has 0 unspecified atom stereocenters. The highest BCUT2D eigenvalue weighted by molar-refractivity contribution is 6.33. The number of hydrogen-bond donors (Lipinski definition) is 1. The van der Waals surface area contributed by atoms with Crippen molar-refractivity contribution >= 4 is 28.6 Å². The van der Waals surface area contributed by atoms with Crippen molar-refractivity contribution < 1.29 is 4.74 Å². The van der Waals surface area contributed by atoms with Crippen LogP contribution in [-0.2, 0) is 11.3 Å². The Kier molecular flexibility index (Phi) is 6.57. The Balaban J connectivity index is 1.47. The number of ether oxygens (including phenoxy) is 1. The Labute approximate surface area is 224 Å². The van der Waals surface area contributed by atoms with Crippen molar-refractivity contribution in [2.45, 2.75) is 25.9 Å². The molecule has 38 heavy (non-hydrogen) atoms. The van der Waals surface area contributed by atoms with E-state index in [1.807, 2.05) is 55.5 Å². The van der Waals surface area contributed by atoms with Crippen LogP contribution in [0.4, 0.5) is 5.95 Å². The summed E-state index contributed by atoms with van der Waals surface area (Å²) < 4.78 is 7.12. The van der Waals surface area contributed by atoms with E-state index in [1.165, 1.54) is 0 Å². The molecule has 0 aliphatic carbocycles. The van der Waals surface area contributed by atoms with Gasteiger partial charge in [0, 0.05) is 58.5 Å². The average Bonchev–Trinajstić information content (AvgIpc) is 3.44. The van der Waals surface area contributed by atoms with Gasteiger partial charge in [-0.3, -0.25) is 19.3 Å². The van der Waals surface area contributed by atoms with Gasteiger partial charge in [0.05, 0.1) is 24.9 Å². The minimum Gasteiger partial charge on any atom is -0.379 e. The first-order valence-electron chi connectivity index (χ1n) is 12.4. The molecule has 0 amide bonds. The van der Waals surface area contributed by atoms with Crippen LogP contribution in [-0.4, -0.2) is 43.8 Å². The lowest BCUT2D eigenvalue weighted by Gasteiger charge is -2.16. The standard InChI is InChI=1S/C29H25ClN6O2/c1-18-4-2-10-32-26(18)20-6-7-23(25(30)13-20)24-12-21-15-33-29(34-22-8-11-38-17-22)35-27(21)36(28(24)37)16-19-5-3-9-31-14-19/h2-7,9-10,12-15,22H,8,11,16-17H2,1H3,(H,33,34,35)/t22-/m1/s1. The molecule has 190 valence electrons. The third kappa shape index (κ3) is 4.76. The lowest BCUT2D eigenvalue weighted by molar-refractivity contribution is 0.195. The third-order valence-electron chi connectivity index (χ3n) is 6.70. The van der Waals surface area contributed by atoms with Crippen molar-refractivity contribution in [1.82, 2.24) is 24.5 Å². The molecule has 6 rings (SSSR count). The zero-order chi connectivity index (χ0) is 26.1. The maximum Gasteiger partial charge on any atom is 0.260 e. The fraction of sp³-hybridized carbons (Fsp3) is 0.207. The summed E-state index contributed by atoms with van der Waals surface area (Å²) in [6.45, 7) is 3.63. The molecule has 1 atom stereocenters. The lowest BCUT2D eigenvalue weighted by Crippen LogP contribution is -2.25. The summed E-state index contributed by atoms with van der Waals surface area (Å²) in [7, 11) is 0. The monoisotopic (exact) mass is 524 g/mol. The summed E-state index contributed by atoms with van der Waals surface area (Å²) in [5.41, 5.74) is 5.14. The second-order valence-electron chi connectivity index (χ2n) is 9.35. The maximum atomic E-state index is 14.0. The number of rotatable bonds is 6. The van der Waals surface area contributed by atoms with Crippen LogP contribution in [0.25, 0.3) is 33.4 Å². The average molecular weight is 525 g/mol. The highest BCUT2D eigenvalue weighted by Gasteiger charge is 2.19. The number of fused-ring (bicyclic) bond motifs is 1. The Morgan fingerprint density at radius 1 is 1.08 bits per heavy atom. The Morgan fingerprint density at radius 3 is 2.74 bits per heavy atom. The van der Waals surface area contributed by atoms with Crippen molar-refractivity contribution in [3.8, 4) is 22.4 Å². The molecule has 1 aliphatic rings. The zero-order valence-corrected chi connectivity index (χ0v) is 21.5. The van der Waals surface area contributed by atoms with Crippen LogP contribution < -0.4 is 10.9 Å². The van der Waals surface area contributed by atoms with Crippen molar-refractivity contribution in [2.75, 3.05) is 18.5 Å². The molecule has 4 aromatic heterocycles. The third-order valence-corrected chi connectivity index (χ3v) is 7.01. The van der Waals surface area contributed by atoms with Crippen LogP contribution in [0.2, 0.25) is 5.02 Å². The van der Waals surface area contributed by atoms with Crippen LogP contribution >= 0.6 is 11.6 Å². The summed E-state index contributed by atoms with van der Waals surface area (Å²) in [5.74, 6) is 0.466. The minimum atomic E-state index is -0.195. The van der Waals surface area contributed by atoms with E-state index in [9.17, 15) is 4.79 Å². The topological polar surface area (TPSA) is 94.8 Å². The molecule has 1 aromatic carbocycles. The van der Waals surface area contributed by atoms with Gasteiger partial charge in [-0.15, -0.1) is 0 Å². The van der Waals surface area contributed by atoms with Gasteiger partial charge in [-0.05, 0) is 48.7 Å². The van der Waals surface area contributed by atoms with E-state index in [-0.39, 0.29) is 11.6 Å². The Morgan fingerprint density at radius 2 is 1.97 bits per heavy atom.